The molecular weight excluding hydrogens is 326 g/mol. The van der Waals surface area contributed by atoms with E-state index in [-0.39, 0.29) is 17.4 Å². The highest BCUT2D eigenvalue weighted by atomic mass is 16.2. The predicted octanol–water partition coefficient (Wildman–Crippen LogP) is 2.83. The van der Waals surface area contributed by atoms with Crippen LogP contribution in [-0.4, -0.2) is 54.5 Å². The number of carbonyl (C=O) groups is 2. The molecule has 0 aromatic heterocycles. The second-order valence-corrected chi connectivity index (χ2v) is 7.41. The summed E-state index contributed by atoms with van der Waals surface area (Å²) >= 11 is 0. The average molecular weight is 355 g/mol. The first-order valence-electron chi connectivity index (χ1n) is 9.62. The molecule has 1 unspecified atom stereocenters. The molecule has 1 aromatic rings. The number of urea groups is 1. The minimum atomic E-state index is -0.365. The molecule has 1 N–H and O–H groups in total. The lowest BCUT2D eigenvalue weighted by Crippen LogP contribution is -2.51. The normalized spacial score (nSPS) is 22.7. The Kier molecular flexibility index (Phi) is 5.96. The van der Waals surface area contributed by atoms with Crippen molar-refractivity contribution in [3.63, 3.8) is 0 Å². The van der Waals surface area contributed by atoms with Crippen LogP contribution in [0.15, 0.2) is 43.0 Å². The number of rotatable bonds is 6. The minimum absolute atomic E-state index is 0.0872. The number of nitrogens with one attached hydrogen (secondary N) is 1. The standard InChI is InChI=1S/C21H29N3O2/c1-2-13-22-20(26)24-16-12-21(17-24)11-7-15-23(19(21)25)14-6-10-18-8-4-3-5-9-18/h2-5,8-9H,1,6-7,10-17H2,(H,22,26). The number of hydrogen-bond donors (Lipinski definition) is 1. The fourth-order valence-electron chi connectivity index (χ4n) is 4.18. The first kappa shape index (κ1) is 18.5. The molecule has 2 aliphatic heterocycles. The predicted molar refractivity (Wildman–Crippen MR) is 103 cm³/mol. The van der Waals surface area contributed by atoms with Crippen molar-refractivity contribution in [3.05, 3.63) is 48.6 Å². The number of nitrogens with zero attached hydrogens (tertiary/aromatic N) is 2. The molecule has 140 valence electrons. The van der Waals surface area contributed by atoms with Gasteiger partial charge in [-0.3, -0.25) is 4.79 Å². The van der Waals surface area contributed by atoms with E-state index in [1.807, 2.05) is 11.0 Å². The number of amides is 3. The molecule has 26 heavy (non-hydrogen) atoms. The van der Waals surface area contributed by atoms with Crippen molar-refractivity contribution in [1.82, 2.24) is 15.1 Å². The third-order valence-corrected chi connectivity index (χ3v) is 5.60. The van der Waals surface area contributed by atoms with Crippen molar-refractivity contribution in [3.8, 4) is 0 Å². The molecule has 0 bridgehead atoms. The van der Waals surface area contributed by atoms with Crippen molar-refractivity contribution < 1.29 is 9.59 Å². The Morgan fingerprint density at radius 2 is 2.04 bits per heavy atom. The second-order valence-electron chi connectivity index (χ2n) is 7.41. The van der Waals surface area contributed by atoms with E-state index < -0.39 is 0 Å². The summed E-state index contributed by atoms with van der Waals surface area (Å²) in [6.45, 7) is 6.94. The van der Waals surface area contributed by atoms with Crippen LogP contribution >= 0.6 is 0 Å². The summed E-state index contributed by atoms with van der Waals surface area (Å²) in [5.74, 6) is 0.246. The third kappa shape index (κ3) is 4.09. The molecule has 2 fully saturated rings. The first-order chi connectivity index (χ1) is 12.6. The summed E-state index contributed by atoms with van der Waals surface area (Å²) in [4.78, 5) is 29.1. The quantitative estimate of drug-likeness (QED) is 0.798. The molecular formula is C21H29N3O2. The molecule has 2 heterocycles. The van der Waals surface area contributed by atoms with E-state index in [0.717, 1.165) is 45.2 Å². The van der Waals surface area contributed by atoms with Gasteiger partial charge >= 0.3 is 6.03 Å². The SMILES string of the molecule is C=CCNC(=O)N1CCC2(CCCN(CCCc3ccccc3)C2=O)C1. The van der Waals surface area contributed by atoms with E-state index in [4.69, 9.17) is 0 Å². The van der Waals surface area contributed by atoms with Gasteiger partial charge < -0.3 is 15.1 Å². The maximum Gasteiger partial charge on any atom is 0.317 e. The lowest BCUT2D eigenvalue weighted by atomic mass is 9.78. The zero-order valence-corrected chi connectivity index (χ0v) is 15.5. The van der Waals surface area contributed by atoms with Crippen LogP contribution in [0.25, 0.3) is 0 Å². The third-order valence-electron chi connectivity index (χ3n) is 5.60. The molecule has 0 saturated carbocycles. The van der Waals surface area contributed by atoms with Gasteiger partial charge in [0.15, 0.2) is 0 Å². The van der Waals surface area contributed by atoms with Crippen molar-refractivity contribution in [1.29, 1.82) is 0 Å². The molecule has 0 aliphatic carbocycles. The summed E-state index contributed by atoms with van der Waals surface area (Å²) in [5, 5.41) is 2.82. The van der Waals surface area contributed by atoms with Crippen LogP contribution in [0.5, 0.6) is 0 Å². The Hall–Kier alpha value is -2.30. The van der Waals surface area contributed by atoms with Gasteiger partial charge in [-0.25, -0.2) is 4.79 Å². The summed E-state index contributed by atoms with van der Waals surface area (Å²) in [6.07, 6.45) is 6.35. The van der Waals surface area contributed by atoms with Crippen molar-refractivity contribution >= 4 is 11.9 Å². The van der Waals surface area contributed by atoms with Crippen LogP contribution in [0.1, 0.15) is 31.2 Å². The Morgan fingerprint density at radius 3 is 2.81 bits per heavy atom. The van der Waals surface area contributed by atoms with Gasteiger partial charge in [-0.05, 0) is 37.7 Å². The van der Waals surface area contributed by atoms with E-state index in [0.29, 0.717) is 19.6 Å². The largest absolute Gasteiger partial charge is 0.342 e. The number of likely N-dealkylation sites (tertiary alicyclic amines) is 2. The van der Waals surface area contributed by atoms with Crippen molar-refractivity contribution in [2.75, 3.05) is 32.7 Å². The Balaban J connectivity index is 1.54. The smallest absolute Gasteiger partial charge is 0.317 e. The van der Waals surface area contributed by atoms with E-state index in [2.05, 4.69) is 36.2 Å². The second kappa shape index (κ2) is 8.39. The van der Waals surface area contributed by atoms with Gasteiger partial charge in [0.2, 0.25) is 5.91 Å². The van der Waals surface area contributed by atoms with Gasteiger partial charge in [0.25, 0.3) is 0 Å². The van der Waals surface area contributed by atoms with Gasteiger partial charge in [-0.1, -0.05) is 36.4 Å². The number of benzene rings is 1. The molecule has 1 atom stereocenters. The molecule has 5 nitrogen and oxygen atoms in total. The Bertz CT molecular complexity index is 646. The molecule has 5 heteroatoms. The van der Waals surface area contributed by atoms with E-state index >= 15 is 0 Å². The van der Waals surface area contributed by atoms with Crippen LogP contribution in [0.2, 0.25) is 0 Å². The molecule has 3 amide bonds. The summed E-state index contributed by atoms with van der Waals surface area (Å²) in [5.41, 5.74) is 0.953. The highest BCUT2D eigenvalue weighted by molar-refractivity contribution is 5.85. The van der Waals surface area contributed by atoms with E-state index in [9.17, 15) is 9.59 Å². The van der Waals surface area contributed by atoms with Crippen LogP contribution in [0, 0.1) is 5.41 Å². The number of carbonyl (C=O) groups excluding carboxylic acids is 2. The topological polar surface area (TPSA) is 52.7 Å². The van der Waals surface area contributed by atoms with E-state index in [1.54, 1.807) is 11.0 Å². The average Bonchev–Trinajstić information content (AvgIpc) is 3.09. The van der Waals surface area contributed by atoms with Gasteiger partial charge in [-0.2, -0.15) is 0 Å². The first-order valence-corrected chi connectivity index (χ1v) is 9.62. The Labute approximate surface area is 156 Å². The molecule has 3 rings (SSSR count). The number of piperidine rings is 1. The maximum absolute atomic E-state index is 13.1. The highest BCUT2D eigenvalue weighted by Crippen LogP contribution is 2.40. The monoisotopic (exact) mass is 355 g/mol. The van der Waals surface area contributed by atoms with Gasteiger partial charge in [0.1, 0.15) is 0 Å². The van der Waals surface area contributed by atoms with Crippen LogP contribution in [-0.2, 0) is 11.2 Å². The molecule has 0 radical (unpaired) electrons. The van der Waals surface area contributed by atoms with Gasteiger partial charge in [-0.15, -0.1) is 6.58 Å². The summed E-state index contributed by atoms with van der Waals surface area (Å²) in [7, 11) is 0. The van der Waals surface area contributed by atoms with Crippen molar-refractivity contribution in [2.24, 2.45) is 5.41 Å². The zero-order chi connectivity index (χ0) is 18.4. The Morgan fingerprint density at radius 1 is 1.23 bits per heavy atom. The number of hydrogen-bond acceptors (Lipinski definition) is 2. The van der Waals surface area contributed by atoms with Crippen LogP contribution in [0.4, 0.5) is 4.79 Å². The molecule has 2 saturated heterocycles. The summed E-state index contributed by atoms with van der Waals surface area (Å²) in [6, 6.07) is 10.3. The lowest BCUT2D eigenvalue weighted by molar-refractivity contribution is -0.145. The highest BCUT2D eigenvalue weighted by Gasteiger charge is 2.49. The van der Waals surface area contributed by atoms with Crippen molar-refractivity contribution in [2.45, 2.75) is 32.1 Å². The van der Waals surface area contributed by atoms with Crippen LogP contribution in [0.3, 0.4) is 0 Å². The summed E-state index contributed by atoms with van der Waals surface area (Å²) < 4.78 is 0. The molecule has 1 spiro atoms. The maximum atomic E-state index is 13.1. The van der Waals surface area contributed by atoms with E-state index in [1.165, 1.54) is 5.56 Å². The van der Waals surface area contributed by atoms with Gasteiger partial charge in [0, 0.05) is 32.7 Å². The number of aryl methyl sites for hydroxylation is 1. The fourth-order valence-corrected chi connectivity index (χ4v) is 4.18. The molecule has 1 aromatic carbocycles. The lowest BCUT2D eigenvalue weighted by Gasteiger charge is -2.39. The van der Waals surface area contributed by atoms with Gasteiger partial charge in [0.05, 0.1) is 5.41 Å². The molecule has 2 aliphatic rings. The van der Waals surface area contributed by atoms with Crippen LogP contribution < -0.4 is 5.32 Å². The fraction of sp³-hybridized carbons (Fsp3) is 0.524. The zero-order valence-electron chi connectivity index (χ0n) is 15.5. The minimum Gasteiger partial charge on any atom is -0.342 e.